The fourth-order valence-corrected chi connectivity index (χ4v) is 1.72. The maximum absolute atomic E-state index is 11.7. The lowest BCUT2D eigenvalue weighted by Crippen LogP contribution is -2.37. The van der Waals surface area contributed by atoms with Gasteiger partial charge in [0.15, 0.2) is 11.6 Å². The van der Waals surface area contributed by atoms with Gasteiger partial charge in [0, 0.05) is 20.1 Å². The van der Waals surface area contributed by atoms with E-state index in [1.807, 2.05) is 18.7 Å². The molecule has 0 spiro atoms. The van der Waals surface area contributed by atoms with Crippen LogP contribution >= 0.6 is 0 Å². The second-order valence-corrected chi connectivity index (χ2v) is 3.80. The molecule has 0 saturated heterocycles. The number of ether oxygens (including phenoxy) is 1. The van der Waals surface area contributed by atoms with Crippen LogP contribution in [0.3, 0.4) is 0 Å². The van der Waals surface area contributed by atoms with E-state index >= 15 is 0 Å². The van der Waals surface area contributed by atoms with Gasteiger partial charge in [0.2, 0.25) is 11.7 Å². The van der Waals surface area contributed by atoms with Crippen molar-refractivity contribution in [2.45, 2.75) is 13.8 Å². The topological polar surface area (TPSA) is 79.4 Å². The summed E-state index contributed by atoms with van der Waals surface area (Å²) in [5.41, 5.74) is 0. The van der Waals surface area contributed by atoms with Crippen LogP contribution in [0.2, 0.25) is 0 Å². The Bertz CT molecular complexity index is 425. The number of carbonyl (C=O) groups excluding carboxylic acids is 1. The number of hydrogen-bond donors (Lipinski definition) is 2. The zero-order chi connectivity index (χ0) is 14.3. The van der Waals surface area contributed by atoms with Crippen molar-refractivity contribution in [3.05, 3.63) is 6.33 Å². The third-order valence-corrected chi connectivity index (χ3v) is 2.62. The first-order valence-corrected chi connectivity index (χ1v) is 6.26. The Labute approximate surface area is 113 Å². The highest BCUT2D eigenvalue weighted by Crippen LogP contribution is 2.31. The van der Waals surface area contributed by atoms with Crippen LogP contribution in [0.5, 0.6) is 5.75 Å². The van der Waals surface area contributed by atoms with Crippen molar-refractivity contribution in [2.24, 2.45) is 0 Å². The molecule has 106 valence electrons. The Balaban J connectivity index is 3.00. The Morgan fingerprint density at radius 1 is 1.42 bits per heavy atom. The molecular weight excluding hydrogens is 246 g/mol. The van der Waals surface area contributed by atoms with Gasteiger partial charge in [0.05, 0.1) is 13.7 Å². The number of amides is 1. The molecule has 0 bridgehead atoms. The van der Waals surface area contributed by atoms with Gasteiger partial charge in [0.1, 0.15) is 6.33 Å². The molecule has 0 saturated carbocycles. The normalized spacial score (nSPS) is 9.89. The Morgan fingerprint density at radius 2 is 2.16 bits per heavy atom. The third kappa shape index (κ3) is 3.70. The summed E-state index contributed by atoms with van der Waals surface area (Å²) in [5, 5.41) is 5.71. The van der Waals surface area contributed by atoms with Gasteiger partial charge >= 0.3 is 0 Å². The minimum Gasteiger partial charge on any atom is -0.490 e. The zero-order valence-corrected chi connectivity index (χ0v) is 11.9. The lowest BCUT2D eigenvalue weighted by molar-refractivity contribution is -0.119. The van der Waals surface area contributed by atoms with Gasteiger partial charge in [-0.3, -0.25) is 4.79 Å². The Kier molecular flexibility index (Phi) is 5.84. The average molecular weight is 267 g/mol. The molecule has 2 N–H and O–H groups in total. The van der Waals surface area contributed by atoms with Gasteiger partial charge in [-0.2, -0.15) is 0 Å². The van der Waals surface area contributed by atoms with Crippen molar-refractivity contribution in [1.82, 2.24) is 15.3 Å². The molecule has 0 fully saturated rings. The Hall–Kier alpha value is -2.05. The van der Waals surface area contributed by atoms with E-state index in [0.29, 0.717) is 30.5 Å². The maximum Gasteiger partial charge on any atom is 0.239 e. The Morgan fingerprint density at radius 3 is 2.68 bits per heavy atom. The van der Waals surface area contributed by atoms with Gasteiger partial charge in [-0.05, 0) is 13.8 Å². The molecular formula is C12H21N5O2. The van der Waals surface area contributed by atoms with Crippen LogP contribution in [0.15, 0.2) is 6.33 Å². The fraction of sp³-hybridized carbons (Fsp3) is 0.583. The maximum atomic E-state index is 11.7. The predicted octanol–water partition coefficient (Wildman–Crippen LogP) is 0.489. The lowest BCUT2D eigenvalue weighted by atomic mass is 10.3. The molecule has 19 heavy (non-hydrogen) atoms. The van der Waals surface area contributed by atoms with Gasteiger partial charge in [-0.1, -0.05) is 0 Å². The van der Waals surface area contributed by atoms with Crippen molar-refractivity contribution < 1.29 is 9.53 Å². The van der Waals surface area contributed by atoms with E-state index < -0.39 is 0 Å². The lowest BCUT2D eigenvalue weighted by Gasteiger charge is -2.23. The van der Waals surface area contributed by atoms with Crippen molar-refractivity contribution in [1.29, 1.82) is 0 Å². The summed E-state index contributed by atoms with van der Waals surface area (Å²) in [7, 11) is 3.32. The molecule has 0 aliphatic carbocycles. The van der Waals surface area contributed by atoms with Crippen molar-refractivity contribution in [2.75, 3.05) is 44.0 Å². The van der Waals surface area contributed by atoms with Crippen LogP contribution in [-0.4, -0.2) is 49.7 Å². The molecule has 0 aromatic carbocycles. The average Bonchev–Trinajstić information content (AvgIpc) is 2.44. The second-order valence-electron chi connectivity index (χ2n) is 3.80. The summed E-state index contributed by atoms with van der Waals surface area (Å²) in [4.78, 5) is 21.8. The van der Waals surface area contributed by atoms with Crippen LogP contribution in [0, 0.1) is 0 Å². The van der Waals surface area contributed by atoms with E-state index in [1.54, 1.807) is 14.2 Å². The molecule has 1 aromatic heterocycles. The largest absolute Gasteiger partial charge is 0.490 e. The molecule has 0 atom stereocenters. The monoisotopic (exact) mass is 267 g/mol. The van der Waals surface area contributed by atoms with E-state index in [0.717, 1.165) is 0 Å². The van der Waals surface area contributed by atoms with E-state index in [2.05, 4.69) is 20.6 Å². The second kappa shape index (κ2) is 7.40. The zero-order valence-electron chi connectivity index (χ0n) is 11.9. The van der Waals surface area contributed by atoms with Gasteiger partial charge in [-0.15, -0.1) is 0 Å². The van der Waals surface area contributed by atoms with Crippen LogP contribution in [-0.2, 0) is 4.79 Å². The molecule has 0 aliphatic heterocycles. The van der Waals surface area contributed by atoms with Crippen LogP contribution in [0.4, 0.5) is 11.6 Å². The molecule has 0 aliphatic rings. The standard InChI is InChI=1S/C12H21N5O2/c1-5-14-9(18)7-17(6-2)12-10(19-4)11(13-3)15-8-16-12/h8H,5-7H2,1-4H3,(H,14,18)(H,13,15,16). The fourth-order valence-electron chi connectivity index (χ4n) is 1.72. The number of likely N-dealkylation sites (N-methyl/N-ethyl adjacent to an activating group) is 2. The number of aromatic nitrogens is 2. The van der Waals surface area contributed by atoms with Crippen LogP contribution < -0.4 is 20.3 Å². The number of rotatable bonds is 7. The first-order chi connectivity index (χ1) is 9.17. The minimum absolute atomic E-state index is 0.0453. The summed E-state index contributed by atoms with van der Waals surface area (Å²) >= 11 is 0. The number of hydrogen-bond acceptors (Lipinski definition) is 6. The molecule has 7 nitrogen and oxygen atoms in total. The van der Waals surface area contributed by atoms with Crippen LogP contribution in [0.1, 0.15) is 13.8 Å². The SMILES string of the molecule is CCNC(=O)CN(CC)c1ncnc(NC)c1OC. The first-order valence-electron chi connectivity index (χ1n) is 6.26. The van der Waals surface area contributed by atoms with Gasteiger partial charge in [0.25, 0.3) is 0 Å². The summed E-state index contributed by atoms with van der Waals surface area (Å²) < 4.78 is 5.33. The van der Waals surface area contributed by atoms with E-state index in [9.17, 15) is 4.79 Å². The predicted molar refractivity (Wildman–Crippen MR) is 74.7 cm³/mol. The van der Waals surface area contributed by atoms with Crippen LogP contribution in [0.25, 0.3) is 0 Å². The quantitative estimate of drug-likeness (QED) is 0.748. The molecule has 1 amide bonds. The summed E-state index contributed by atoms with van der Waals surface area (Å²) in [6.45, 7) is 5.34. The van der Waals surface area contributed by atoms with Gasteiger partial charge in [-0.25, -0.2) is 9.97 Å². The summed E-state index contributed by atoms with van der Waals surface area (Å²) in [6, 6.07) is 0. The highest BCUT2D eigenvalue weighted by Gasteiger charge is 2.18. The van der Waals surface area contributed by atoms with Gasteiger partial charge < -0.3 is 20.3 Å². The number of nitrogens with zero attached hydrogens (tertiary/aromatic N) is 3. The summed E-state index contributed by atoms with van der Waals surface area (Å²) in [5.74, 6) is 1.70. The van der Waals surface area contributed by atoms with Crippen molar-refractivity contribution >= 4 is 17.5 Å². The minimum atomic E-state index is -0.0453. The van der Waals surface area contributed by atoms with Crippen molar-refractivity contribution in [3.8, 4) is 5.75 Å². The van der Waals surface area contributed by atoms with E-state index in [1.165, 1.54) is 6.33 Å². The third-order valence-electron chi connectivity index (χ3n) is 2.62. The molecule has 1 aromatic rings. The number of carbonyl (C=O) groups is 1. The highest BCUT2D eigenvalue weighted by atomic mass is 16.5. The number of anilines is 2. The molecule has 1 rings (SSSR count). The molecule has 7 heteroatoms. The first kappa shape index (κ1) is 15.0. The number of methoxy groups -OCH3 is 1. The number of nitrogens with one attached hydrogen (secondary N) is 2. The molecule has 0 unspecified atom stereocenters. The molecule has 0 radical (unpaired) electrons. The molecule has 1 heterocycles. The smallest absolute Gasteiger partial charge is 0.239 e. The van der Waals surface area contributed by atoms with Crippen molar-refractivity contribution in [3.63, 3.8) is 0 Å². The van der Waals surface area contributed by atoms with E-state index in [-0.39, 0.29) is 12.5 Å². The highest BCUT2D eigenvalue weighted by molar-refractivity contribution is 5.82. The summed E-state index contributed by atoms with van der Waals surface area (Å²) in [6.07, 6.45) is 1.45. The van der Waals surface area contributed by atoms with E-state index in [4.69, 9.17) is 4.74 Å².